The van der Waals surface area contributed by atoms with Gasteiger partial charge in [0.15, 0.2) is 0 Å². The fraction of sp³-hybridized carbons (Fsp3) is 0.944. The van der Waals surface area contributed by atoms with Crippen molar-refractivity contribution in [2.75, 3.05) is 32.8 Å². The summed E-state index contributed by atoms with van der Waals surface area (Å²) >= 11 is 0. The first-order valence-electron chi connectivity index (χ1n) is 9.15. The molecule has 0 radical (unpaired) electrons. The molecule has 1 heterocycles. The summed E-state index contributed by atoms with van der Waals surface area (Å²) in [7, 11) is 0. The number of ether oxygens (including phenoxy) is 2. The zero-order valence-electron chi connectivity index (χ0n) is 13.8. The number of rotatable bonds is 4. The van der Waals surface area contributed by atoms with Gasteiger partial charge in [-0.1, -0.05) is 0 Å². The number of nitrogens with zero attached hydrogens (tertiary/aromatic N) is 1. The molecule has 0 spiro atoms. The Morgan fingerprint density at radius 1 is 1.09 bits per heavy atom. The molecule has 1 saturated heterocycles. The van der Waals surface area contributed by atoms with Crippen LogP contribution in [0.4, 0.5) is 0 Å². The van der Waals surface area contributed by atoms with Crippen molar-refractivity contribution in [3.05, 3.63) is 0 Å². The molecule has 22 heavy (non-hydrogen) atoms. The Labute approximate surface area is 133 Å². The molecule has 5 rings (SSSR count). The molecule has 4 heteroatoms. The highest BCUT2D eigenvalue weighted by molar-refractivity contribution is 5.70. The van der Waals surface area contributed by atoms with E-state index in [-0.39, 0.29) is 11.6 Å². The summed E-state index contributed by atoms with van der Waals surface area (Å²) in [5, 5.41) is 0. The van der Waals surface area contributed by atoms with Gasteiger partial charge < -0.3 is 9.47 Å². The number of carbonyl (C=O) groups excluding carboxylic acids is 1. The van der Waals surface area contributed by atoms with Crippen LogP contribution in [0.25, 0.3) is 0 Å². The quantitative estimate of drug-likeness (QED) is 0.748. The van der Waals surface area contributed by atoms with Gasteiger partial charge in [-0.3, -0.25) is 9.69 Å². The first-order chi connectivity index (χ1) is 10.6. The monoisotopic (exact) mass is 307 g/mol. The van der Waals surface area contributed by atoms with Crippen molar-refractivity contribution in [2.45, 2.75) is 51.0 Å². The molecule has 0 unspecified atom stereocenters. The lowest BCUT2D eigenvalue weighted by atomic mass is 9.50. The molecule has 0 atom stereocenters. The Balaban J connectivity index is 1.33. The standard InChI is InChI=1S/C18H29NO3/c1-18(15-9-13-8-14(11-15)12-16(18)10-13)22-17(20)2-3-19-4-6-21-7-5-19/h13-16H,2-12H2,1H3. The molecule has 0 aromatic carbocycles. The van der Waals surface area contributed by atoms with Crippen molar-refractivity contribution in [3.8, 4) is 0 Å². The maximum Gasteiger partial charge on any atom is 0.307 e. The number of esters is 1. The molecule has 4 nitrogen and oxygen atoms in total. The van der Waals surface area contributed by atoms with Crippen LogP contribution >= 0.6 is 0 Å². The molecule has 124 valence electrons. The third kappa shape index (κ3) is 2.69. The maximum absolute atomic E-state index is 12.4. The second kappa shape index (κ2) is 5.79. The summed E-state index contributed by atoms with van der Waals surface area (Å²) < 4.78 is 11.5. The minimum absolute atomic E-state index is 0.0152. The summed E-state index contributed by atoms with van der Waals surface area (Å²) in [6, 6.07) is 0. The van der Waals surface area contributed by atoms with Gasteiger partial charge in [-0.2, -0.15) is 0 Å². The molecule has 4 aliphatic carbocycles. The molecule has 0 aromatic rings. The molecular weight excluding hydrogens is 278 g/mol. The third-order valence-corrected chi connectivity index (χ3v) is 6.83. The molecule has 4 bridgehead atoms. The van der Waals surface area contributed by atoms with Crippen molar-refractivity contribution in [3.63, 3.8) is 0 Å². The van der Waals surface area contributed by atoms with E-state index in [1.54, 1.807) is 0 Å². The van der Waals surface area contributed by atoms with Crippen molar-refractivity contribution < 1.29 is 14.3 Å². The summed E-state index contributed by atoms with van der Waals surface area (Å²) in [4.78, 5) is 14.7. The van der Waals surface area contributed by atoms with Crippen molar-refractivity contribution in [1.29, 1.82) is 0 Å². The van der Waals surface area contributed by atoms with Crippen LogP contribution in [0.1, 0.15) is 45.4 Å². The number of hydrogen-bond acceptors (Lipinski definition) is 4. The van der Waals surface area contributed by atoms with Gasteiger partial charge in [-0.25, -0.2) is 0 Å². The fourth-order valence-electron chi connectivity index (χ4n) is 5.66. The van der Waals surface area contributed by atoms with Crippen LogP contribution in [-0.4, -0.2) is 49.3 Å². The van der Waals surface area contributed by atoms with Crippen LogP contribution in [0.5, 0.6) is 0 Å². The van der Waals surface area contributed by atoms with Crippen LogP contribution in [0, 0.1) is 23.7 Å². The smallest absolute Gasteiger partial charge is 0.307 e. The minimum Gasteiger partial charge on any atom is -0.459 e. The van der Waals surface area contributed by atoms with Gasteiger partial charge in [-0.05, 0) is 62.7 Å². The van der Waals surface area contributed by atoms with Crippen molar-refractivity contribution >= 4 is 5.97 Å². The summed E-state index contributed by atoms with van der Waals surface area (Å²) in [6.45, 7) is 6.52. The van der Waals surface area contributed by atoms with E-state index >= 15 is 0 Å². The predicted molar refractivity (Wildman–Crippen MR) is 83.4 cm³/mol. The van der Waals surface area contributed by atoms with Crippen LogP contribution in [0.2, 0.25) is 0 Å². The second-order valence-corrected chi connectivity index (χ2v) is 8.17. The molecule has 4 saturated carbocycles. The van der Waals surface area contributed by atoms with Gasteiger partial charge in [-0.15, -0.1) is 0 Å². The molecule has 5 fully saturated rings. The Morgan fingerprint density at radius 2 is 1.68 bits per heavy atom. The third-order valence-electron chi connectivity index (χ3n) is 6.83. The largest absolute Gasteiger partial charge is 0.459 e. The fourth-order valence-corrected chi connectivity index (χ4v) is 5.66. The highest BCUT2D eigenvalue weighted by atomic mass is 16.6. The van der Waals surface area contributed by atoms with E-state index < -0.39 is 0 Å². The van der Waals surface area contributed by atoms with Gasteiger partial charge in [0.1, 0.15) is 5.60 Å². The van der Waals surface area contributed by atoms with E-state index in [1.807, 2.05) is 0 Å². The van der Waals surface area contributed by atoms with Gasteiger partial charge in [0.05, 0.1) is 19.6 Å². The SMILES string of the molecule is CC1(OC(=O)CCN2CCOCC2)C2CC3CC(C2)CC1C3. The number of carbonyl (C=O) groups is 1. The van der Waals surface area contributed by atoms with E-state index in [4.69, 9.17) is 9.47 Å². The topological polar surface area (TPSA) is 38.8 Å². The van der Waals surface area contributed by atoms with E-state index in [9.17, 15) is 4.79 Å². The Kier molecular flexibility index (Phi) is 3.93. The second-order valence-electron chi connectivity index (χ2n) is 8.17. The van der Waals surface area contributed by atoms with E-state index in [0.717, 1.165) is 44.7 Å². The van der Waals surface area contributed by atoms with E-state index in [2.05, 4.69) is 11.8 Å². The zero-order chi connectivity index (χ0) is 15.2. The van der Waals surface area contributed by atoms with Gasteiger partial charge in [0.2, 0.25) is 0 Å². The predicted octanol–water partition coefficient (Wildman–Crippen LogP) is 2.47. The van der Waals surface area contributed by atoms with E-state index in [0.29, 0.717) is 18.3 Å². The lowest BCUT2D eigenvalue weighted by molar-refractivity contribution is -0.203. The zero-order valence-corrected chi connectivity index (χ0v) is 13.8. The number of morpholine rings is 1. The van der Waals surface area contributed by atoms with E-state index in [1.165, 1.54) is 32.1 Å². The van der Waals surface area contributed by atoms with Crippen molar-refractivity contribution in [2.24, 2.45) is 23.7 Å². The first-order valence-corrected chi connectivity index (χ1v) is 9.15. The summed E-state index contributed by atoms with van der Waals surface area (Å²) in [5.41, 5.74) is -0.171. The summed E-state index contributed by atoms with van der Waals surface area (Å²) in [6.07, 6.45) is 7.14. The van der Waals surface area contributed by atoms with Crippen molar-refractivity contribution in [1.82, 2.24) is 4.90 Å². The van der Waals surface area contributed by atoms with Gasteiger partial charge >= 0.3 is 5.97 Å². The van der Waals surface area contributed by atoms with Crippen LogP contribution in [0.3, 0.4) is 0 Å². The Bertz CT molecular complexity index is 402. The van der Waals surface area contributed by atoms with Gasteiger partial charge in [0.25, 0.3) is 0 Å². The van der Waals surface area contributed by atoms with Gasteiger partial charge in [0, 0.05) is 19.6 Å². The number of hydrogen-bond donors (Lipinski definition) is 0. The average molecular weight is 307 g/mol. The van der Waals surface area contributed by atoms with Crippen LogP contribution < -0.4 is 0 Å². The minimum atomic E-state index is -0.171. The Morgan fingerprint density at radius 3 is 2.27 bits per heavy atom. The van der Waals surface area contributed by atoms with Crippen LogP contribution in [-0.2, 0) is 14.3 Å². The normalized spacial score (nSPS) is 44.2. The molecule has 1 aliphatic heterocycles. The molecular formula is C18H29NO3. The lowest BCUT2D eigenvalue weighted by Crippen LogP contribution is -2.58. The molecule has 0 N–H and O–H groups in total. The highest BCUT2D eigenvalue weighted by Crippen LogP contribution is 2.59. The highest BCUT2D eigenvalue weighted by Gasteiger charge is 2.56. The summed E-state index contributed by atoms with van der Waals surface area (Å²) in [5.74, 6) is 3.10. The molecule has 0 aromatic heterocycles. The Hall–Kier alpha value is -0.610. The first kappa shape index (κ1) is 14.9. The van der Waals surface area contributed by atoms with Crippen LogP contribution in [0.15, 0.2) is 0 Å². The average Bonchev–Trinajstić information content (AvgIpc) is 2.51. The maximum atomic E-state index is 12.4. The molecule has 5 aliphatic rings. The lowest BCUT2D eigenvalue weighted by Gasteiger charge is -2.59. The molecule has 0 amide bonds.